The van der Waals surface area contributed by atoms with Crippen LogP contribution in [0.4, 0.5) is 0 Å². The van der Waals surface area contributed by atoms with E-state index in [1.54, 1.807) is 10.9 Å². The molecular weight excluding hydrogens is 490 g/mol. The SMILES string of the molecule is Cn1c(CN2CCC(CCc3ccc(-n4ccnc4)cc3)CC2)c(Br)c(=O)n1-c1ccccc1. The summed E-state index contributed by atoms with van der Waals surface area (Å²) in [5, 5.41) is 0. The predicted octanol–water partition coefficient (Wildman–Crippen LogP) is 4.97. The van der Waals surface area contributed by atoms with E-state index in [-0.39, 0.29) is 5.56 Å². The van der Waals surface area contributed by atoms with E-state index in [0.717, 1.165) is 49.0 Å². The zero-order valence-corrected chi connectivity index (χ0v) is 21.1. The van der Waals surface area contributed by atoms with E-state index in [1.807, 2.05) is 59.2 Å². The molecule has 3 heterocycles. The van der Waals surface area contributed by atoms with Crippen molar-refractivity contribution < 1.29 is 0 Å². The Kier molecular flexibility index (Phi) is 6.83. The van der Waals surface area contributed by atoms with Crippen LogP contribution in [0.5, 0.6) is 0 Å². The Balaban J connectivity index is 1.15. The summed E-state index contributed by atoms with van der Waals surface area (Å²) < 4.78 is 6.42. The smallest absolute Gasteiger partial charge is 0.286 e. The third-order valence-electron chi connectivity index (χ3n) is 6.99. The van der Waals surface area contributed by atoms with Gasteiger partial charge >= 0.3 is 0 Å². The van der Waals surface area contributed by atoms with Gasteiger partial charge in [0.15, 0.2) is 0 Å². The fraction of sp³-hybridized carbons (Fsp3) is 0.333. The number of aryl methyl sites for hydroxylation is 1. The first-order valence-corrected chi connectivity index (χ1v) is 12.7. The Labute approximate surface area is 208 Å². The minimum atomic E-state index is -0.00218. The molecular formula is C27H30BrN5O. The second-order valence-corrected chi connectivity index (χ2v) is 9.92. The molecule has 0 bridgehead atoms. The Morgan fingerprint density at radius 2 is 1.74 bits per heavy atom. The Morgan fingerprint density at radius 1 is 1.00 bits per heavy atom. The molecule has 7 heteroatoms. The van der Waals surface area contributed by atoms with Gasteiger partial charge in [0.25, 0.3) is 5.56 Å². The molecule has 1 saturated heterocycles. The highest BCUT2D eigenvalue weighted by Crippen LogP contribution is 2.25. The fourth-order valence-electron chi connectivity index (χ4n) is 4.91. The molecule has 0 aliphatic carbocycles. The van der Waals surface area contributed by atoms with Crippen molar-refractivity contribution in [2.24, 2.45) is 13.0 Å². The normalized spacial score (nSPS) is 15.1. The number of piperidine rings is 1. The first-order valence-electron chi connectivity index (χ1n) is 11.9. The molecule has 5 rings (SSSR count). The van der Waals surface area contributed by atoms with Crippen molar-refractivity contribution in [3.05, 3.63) is 99.4 Å². The topological polar surface area (TPSA) is 48.0 Å². The summed E-state index contributed by atoms with van der Waals surface area (Å²) in [5.74, 6) is 0.755. The van der Waals surface area contributed by atoms with E-state index in [1.165, 1.54) is 24.8 Å². The summed E-state index contributed by atoms with van der Waals surface area (Å²) in [4.78, 5) is 19.5. The van der Waals surface area contributed by atoms with Crippen LogP contribution in [0.2, 0.25) is 0 Å². The first kappa shape index (κ1) is 22.9. The third-order valence-corrected chi connectivity index (χ3v) is 7.78. The molecule has 2 aromatic carbocycles. The maximum absolute atomic E-state index is 12.9. The average Bonchev–Trinajstić information content (AvgIpc) is 3.48. The summed E-state index contributed by atoms with van der Waals surface area (Å²) in [7, 11) is 1.97. The van der Waals surface area contributed by atoms with Crippen LogP contribution < -0.4 is 5.56 Å². The molecule has 6 nitrogen and oxygen atoms in total. The number of para-hydroxylation sites is 1. The lowest BCUT2D eigenvalue weighted by atomic mass is 9.90. The van der Waals surface area contributed by atoms with Crippen molar-refractivity contribution in [1.82, 2.24) is 23.8 Å². The molecule has 0 radical (unpaired) electrons. The number of hydrogen-bond donors (Lipinski definition) is 0. The lowest BCUT2D eigenvalue weighted by molar-refractivity contribution is 0.168. The molecule has 0 atom stereocenters. The van der Waals surface area contributed by atoms with Crippen LogP contribution in [0, 0.1) is 5.92 Å². The van der Waals surface area contributed by atoms with Crippen LogP contribution in [0.25, 0.3) is 11.4 Å². The molecule has 2 aromatic heterocycles. The van der Waals surface area contributed by atoms with Crippen LogP contribution in [-0.2, 0) is 20.0 Å². The number of halogens is 1. The molecule has 34 heavy (non-hydrogen) atoms. The van der Waals surface area contributed by atoms with Crippen molar-refractivity contribution >= 4 is 15.9 Å². The highest BCUT2D eigenvalue weighted by molar-refractivity contribution is 9.10. The number of rotatable bonds is 7. The molecule has 1 aliphatic heterocycles. The van der Waals surface area contributed by atoms with E-state index < -0.39 is 0 Å². The minimum Gasteiger partial charge on any atom is -0.306 e. The van der Waals surface area contributed by atoms with Crippen LogP contribution in [0.15, 0.2) is 82.6 Å². The maximum atomic E-state index is 12.9. The molecule has 0 unspecified atom stereocenters. The molecule has 1 aliphatic rings. The zero-order chi connectivity index (χ0) is 23.5. The number of likely N-dealkylation sites (tertiary alicyclic amines) is 1. The van der Waals surface area contributed by atoms with E-state index in [4.69, 9.17) is 0 Å². The number of aromatic nitrogens is 4. The quantitative estimate of drug-likeness (QED) is 0.346. The van der Waals surface area contributed by atoms with E-state index in [9.17, 15) is 4.79 Å². The van der Waals surface area contributed by atoms with Crippen LogP contribution in [0.1, 0.15) is 30.5 Å². The van der Waals surface area contributed by atoms with Crippen molar-refractivity contribution in [3.63, 3.8) is 0 Å². The Bertz CT molecular complexity index is 1270. The van der Waals surface area contributed by atoms with Crippen molar-refractivity contribution in [1.29, 1.82) is 0 Å². The van der Waals surface area contributed by atoms with Gasteiger partial charge in [0.2, 0.25) is 0 Å². The molecule has 176 valence electrons. The first-order chi connectivity index (χ1) is 16.6. The summed E-state index contributed by atoms with van der Waals surface area (Å²) in [6.07, 6.45) is 10.4. The molecule has 4 aromatic rings. The van der Waals surface area contributed by atoms with Crippen LogP contribution in [-0.4, -0.2) is 36.9 Å². The molecule has 0 saturated carbocycles. The monoisotopic (exact) mass is 519 g/mol. The summed E-state index contributed by atoms with van der Waals surface area (Å²) >= 11 is 3.57. The minimum absolute atomic E-state index is 0.00218. The van der Waals surface area contributed by atoms with Crippen molar-refractivity contribution in [3.8, 4) is 11.4 Å². The lowest BCUT2D eigenvalue weighted by Crippen LogP contribution is -2.34. The number of hydrogen-bond acceptors (Lipinski definition) is 3. The standard InChI is InChI=1S/C27H30BrN5O/c1-30-25(26(28)27(34)33(30)24-5-3-2-4-6-24)19-31-16-13-22(14-17-31)8-7-21-9-11-23(12-10-21)32-18-15-29-20-32/h2-6,9-12,15,18,20,22H,7-8,13-14,16-17,19H2,1H3. The summed E-state index contributed by atoms with van der Waals surface area (Å²) in [6.45, 7) is 2.93. The van der Waals surface area contributed by atoms with Crippen molar-refractivity contribution in [2.75, 3.05) is 13.1 Å². The number of nitrogens with zero attached hydrogens (tertiary/aromatic N) is 5. The van der Waals surface area contributed by atoms with Gasteiger partial charge in [-0.3, -0.25) is 14.4 Å². The van der Waals surface area contributed by atoms with Gasteiger partial charge in [0.1, 0.15) is 4.47 Å². The predicted molar refractivity (Wildman–Crippen MR) is 139 cm³/mol. The number of imidazole rings is 1. The van der Waals surface area contributed by atoms with E-state index in [0.29, 0.717) is 4.47 Å². The summed E-state index contributed by atoms with van der Waals surface area (Å²) in [5.41, 5.74) is 4.46. The van der Waals surface area contributed by atoms with Gasteiger partial charge in [-0.2, -0.15) is 0 Å². The van der Waals surface area contributed by atoms with Crippen LogP contribution >= 0.6 is 15.9 Å². The van der Waals surface area contributed by atoms with Gasteiger partial charge in [-0.1, -0.05) is 30.3 Å². The van der Waals surface area contributed by atoms with Gasteiger partial charge in [-0.15, -0.1) is 0 Å². The van der Waals surface area contributed by atoms with Gasteiger partial charge < -0.3 is 4.57 Å². The van der Waals surface area contributed by atoms with Gasteiger partial charge in [0.05, 0.1) is 17.7 Å². The second-order valence-electron chi connectivity index (χ2n) is 9.13. The molecule has 0 amide bonds. The molecule has 0 spiro atoms. The highest BCUT2D eigenvalue weighted by Gasteiger charge is 2.23. The highest BCUT2D eigenvalue weighted by atomic mass is 79.9. The molecule has 0 N–H and O–H groups in total. The van der Waals surface area contributed by atoms with E-state index in [2.05, 4.69) is 50.1 Å². The molecule has 1 fully saturated rings. The van der Waals surface area contributed by atoms with E-state index >= 15 is 0 Å². The Hall–Kier alpha value is -2.90. The maximum Gasteiger partial charge on any atom is 0.286 e. The fourth-order valence-corrected chi connectivity index (χ4v) is 5.46. The lowest BCUT2D eigenvalue weighted by Gasteiger charge is -2.32. The average molecular weight is 520 g/mol. The third kappa shape index (κ3) is 4.81. The largest absolute Gasteiger partial charge is 0.306 e. The van der Waals surface area contributed by atoms with Gasteiger partial charge in [0, 0.05) is 31.7 Å². The van der Waals surface area contributed by atoms with Gasteiger partial charge in [-0.05, 0) is 90.4 Å². The van der Waals surface area contributed by atoms with Crippen LogP contribution in [0.3, 0.4) is 0 Å². The van der Waals surface area contributed by atoms with Crippen molar-refractivity contribution in [2.45, 2.75) is 32.2 Å². The zero-order valence-electron chi connectivity index (χ0n) is 19.5. The van der Waals surface area contributed by atoms with Gasteiger partial charge in [-0.25, -0.2) is 9.67 Å². The second kappa shape index (κ2) is 10.2. The Morgan fingerprint density at radius 3 is 2.41 bits per heavy atom. The number of benzene rings is 2. The summed E-state index contributed by atoms with van der Waals surface area (Å²) in [6, 6.07) is 18.6.